The van der Waals surface area contributed by atoms with Crippen LogP contribution in [0.5, 0.6) is 0 Å². The number of aromatic nitrogens is 1. The summed E-state index contributed by atoms with van der Waals surface area (Å²) in [6, 6.07) is 13.3. The second-order valence-corrected chi connectivity index (χ2v) is 7.10. The number of carbonyl (C=O) groups is 1. The Morgan fingerprint density at radius 2 is 1.82 bits per heavy atom. The van der Waals surface area contributed by atoms with Crippen LogP contribution in [-0.4, -0.2) is 10.9 Å². The lowest BCUT2D eigenvalue weighted by Crippen LogP contribution is -2.12. The number of hydrogen-bond donors (Lipinski definition) is 2. The van der Waals surface area contributed by atoms with Crippen molar-refractivity contribution in [3.8, 4) is 11.3 Å². The van der Waals surface area contributed by atoms with Crippen molar-refractivity contribution in [2.75, 3.05) is 10.6 Å². The number of aryl methyl sites for hydroxylation is 1. The highest BCUT2D eigenvalue weighted by Crippen LogP contribution is 2.27. The summed E-state index contributed by atoms with van der Waals surface area (Å²) >= 11 is 5.96. The molecular formula is C22H24ClN3O2. The molecule has 1 aromatic heterocycles. The van der Waals surface area contributed by atoms with Crippen molar-refractivity contribution in [2.24, 2.45) is 0 Å². The van der Waals surface area contributed by atoms with Crippen molar-refractivity contribution in [3.63, 3.8) is 0 Å². The van der Waals surface area contributed by atoms with Crippen molar-refractivity contribution in [2.45, 2.75) is 40.2 Å². The zero-order chi connectivity index (χ0) is 20.1. The number of nitrogens with one attached hydrogen (secondary N) is 2. The van der Waals surface area contributed by atoms with Gasteiger partial charge in [-0.05, 0) is 62.2 Å². The molecule has 6 heteroatoms. The highest BCUT2D eigenvalue weighted by atomic mass is 35.5. The number of anilines is 2. The fourth-order valence-electron chi connectivity index (χ4n) is 2.97. The van der Waals surface area contributed by atoms with Crippen LogP contribution in [0.1, 0.15) is 36.9 Å². The first-order chi connectivity index (χ1) is 13.5. The van der Waals surface area contributed by atoms with Crippen molar-refractivity contribution in [1.29, 1.82) is 0 Å². The average molecular weight is 398 g/mol. The summed E-state index contributed by atoms with van der Waals surface area (Å²) in [7, 11) is 0. The van der Waals surface area contributed by atoms with E-state index < -0.39 is 0 Å². The van der Waals surface area contributed by atoms with Crippen LogP contribution in [0.25, 0.3) is 11.3 Å². The van der Waals surface area contributed by atoms with Crippen molar-refractivity contribution < 1.29 is 9.21 Å². The molecule has 5 nitrogen and oxygen atoms in total. The maximum absolute atomic E-state index is 11.9. The minimum Gasteiger partial charge on any atom is -0.438 e. The molecule has 0 aliphatic rings. The van der Waals surface area contributed by atoms with Crippen molar-refractivity contribution in [3.05, 3.63) is 64.6 Å². The van der Waals surface area contributed by atoms with Gasteiger partial charge in [-0.1, -0.05) is 24.6 Å². The molecule has 0 spiro atoms. The number of nitrogens with zero attached hydrogens (tertiary/aromatic N) is 1. The van der Waals surface area contributed by atoms with Crippen LogP contribution in [0.3, 0.4) is 0 Å². The fourth-order valence-corrected chi connectivity index (χ4v) is 3.10. The second kappa shape index (κ2) is 8.93. The van der Waals surface area contributed by atoms with Gasteiger partial charge in [0.05, 0.1) is 12.2 Å². The number of oxazole rings is 1. The van der Waals surface area contributed by atoms with Gasteiger partial charge in [-0.25, -0.2) is 4.98 Å². The molecule has 0 bridgehead atoms. The molecule has 0 aliphatic carbocycles. The number of carbonyl (C=O) groups excluding carboxylic acids is 1. The van der Waals surface area contributed by atoms with Gasteiger partial charge in [0.15, 0.2) is 5.76 Å². The molecule has 3 aromatic rings. The van der Waals surface area contributed by atoms with Crippen LogP contribution in [-0.2, 0) is 11.3 Å². The van der Waals surface area contributed by atoms with Gasteiger partial charge in [0.2, 0.25) is 11.8 Å². The maximum Gasteiger partial charge on any atom is 0.224 e. The molecule has 1 heterocycles. The number of amides is 1. The van der Waals surface area contributed by atoms with Gasteiger partial charge in [-0.3, -0.25) is 4.79 Å². The van der Waals surface area contributed by atoms with Gasteiger partial charge < -0.3 is 15.1 Å². The first kappa shape index (κ1) is 20.0. The van der Waals surface area contributed by atoms with E-state index in [-0.39, 0.29) is 5.91 Å². The summed E-state index contributed by atoms with van der Waals surface area (Å²) in [4.78, 5) is 16.4. The Morgan fingerprint density at radius 3 is 2.54 bits per heavy atom. The molecule has 0 saturated heterocycles. The lowest BCUT2D eigenvalue weighted by molar-refractivity contribution is -0.116. The molecule has 0 atom stereocenters. The minimum absolute atomic E-state index is 0.0266. The van der Waals surface area contributed by atoms with E-state index in [1.807, 2.05) is 63.2 Å². The monoisotopic (exact) mass is 397 g/mol. The topological polar surface area (TPSA) is 67.2 Å². The Morgan fingerprint density at radius 1 is 1.11 bits per heavy atom. The second-order valence-electron chi connectivity index (χ2n) is 6.66. The zero-order valence-electron chi connectivity index (χ0n) is 16.3. The van der Waals surface area contributed by atoms with E-state index in [0.29, 0.717) is 23.9 Å². The van der Waals surface area contributed by atoms with Gasteiger partial charge in [-0.15, -0.1) is 0 Å². The van der Waals surface area contributed by atoms with Crippen LogP contribution in [0.4, 0.5) is 11.4 Å². The van der Waals surface area contributed by atoms with E-state index >= 15 is 0 Å². The molecule has 2 aromatic carbocycles. The molecular weight excluding hydrogens is 374 g/mol. The van der Waals surface area contributed by atoms with Crippen LogP contribution in [0, 0.1) is 13.8 Å². The summed E-state index contributed by atoms with van der Waals surface area (Å²) in [5, 5.41) is 6.99. The van der Waals surface area contributed by atoms with E-state index in [4.69, 9.17) is 16.0 Å². The first-order valence-corrected chi connectivity index (χ1v) is 9.71. The fraction of sp³-hybridized carbons (Fsp3) is 0.273. The van der Waals surface area contributed by atoms with Gasteiger partial charge in [0.25, 0.3) is 0 Å². The van der Waals surface area contributed by atoms with E-state index in [0.717, 1.165) is 40.4 Å². The summed E-state index contributed by atoms with van der Waals surface area (Å²) in [6.07, 6.45) is 1.34. The molecule has 0 radical (unpaired) electrons. The summed E-state index contributed by atoms with van der Waals surface area (Å²) in [5.74, 6) is 1.37. The molecule has 0 aliphatic heterocycles. The van der Waals surface area contributed by atoms with Gasteiger partial charge in [0, 0.05) is 28.4 Å². The predicted molar refractivity (Wildman–Crippen MR) is 114 cm³/mol. The highest BCUT2D eigenvalue weighted by Gasteiger charge is 2.13. The maximum atomic E-state index is 11.9. The Hall–Kier alpha value is -2.79. The van der Waals surface area contributed by atoms with E-state index in [9.17, 15) is 4.79 Å². The first-order valence-electron chi connectivity index (χ1n) is 9.33. The SMILES string of the molecule is CCCC(=O)Nc1cccc(NCc2nc(C)c(-c3ccc(Cl)cc3)o2)c1C. The Labute approximate surface area is 170 Å². The summed E-state index contributed by atoms with van der Waals surface area (Å²) < 4.78 is 5.94. The zero-order valence-corrected chi connectivity index (χ0v) is 17.1. The third-order valence-electron chi connectivity index (χ3n) is 4.46. The van der Waals surface area contributed by atoms with Gasteiger partial charge >= 0.3 is 0 Å². The van der Waals surface area contributed by atoms with Crippen LogP contribution in [0.2, 0.25) is 5.02 Å². The Kier molecular flexibility index (Phi) is 6.37. The van der Waals surface area contributed by atoms with Crippen LogP contribution in [0.15, 0.2) is 46.9 Å². The van der Waals surface area contributed by atoms with Crippen molar-refractivity contribution in [1.82, 2.24) is 4.98 Å². The van der Waals surface area contributed by atoms with E-state index in [1.54, 1.807) is 0 Å². The number of rotatable bonds is 7. The molecule has 0 fully saturated rings. The quantitative estimate of drug-likeness (QED) is 0.516. The third-order valence-corrected chi connectivity index (χ3v) is 4.71. The Bertz CT molecular complexity index is 964. The molecule has 0 saturated carbocycles. The Balaban J connectivity index is 1.72. The number of hydrogen-bond acceptors (Lipinski definition) is 4. The summed E-state index contributed by atoms with van der Waals surface area (Å²) in [6.45, 7) is 6.33. The van der Waals surface area contributed by atoms with E-state index in [1.165, 1.54) is 0 Å². The number of halogens is 1. The lowest BCUT2D eigenvalue weighted by Gasteiger charge is -2.13. The van der Waals surface area contributed by atoms with E-state index in [2.05, 4.69) is 15.6 Å². The standard InChI is InChI=1S/C22H24ClN3O2/c1-4-6-20(27)26-19-8-5-7-18(14(19)2)24-13-21-25-15(3)22(28-21)16-9-11-17(23)12-10-16/h5,7-12,24H,4,6,13H2,1-3H3,(H,26,27). The van der Waals surface area contributed by atoms with Gasteiger partial charge in [-0.2, -0.15) is 0 Å². The minimum atomic E-state index is 0.0266. The third kappa shape index (κ3) is 4.73. The van der Waals surface area contributed by atoms with Gasteiger partial charge in [0.1, 0.15) is 0 Å². The molecule has 1 amide bonds. The summed E-state index contributed by atoms with van der Waals surface area (Å²) in [5.41, 5.74) is 4.49. The smallest absolute Gasteiger partial charge is 0.224 e. The van der Waals surface area contributed by atoms with Crippen molar-refractivity contribution >= 4 is 28.9 Å². The average Bonchev–Trinajstić information content (AvgIpc) is 3.04. The van der Waals surface area contributed by atoms with Crippen LogP contribution < -0.4 is 10.6 Å². The largest absolute Gasteiger partial charge is 0.438 e. The predicted octanol–water partition coefficient (Wildman–Crippen LogP) is 5.96. The molecule has 3 rings (SSSR count). The lowest BCUT2D eigenvalue weighted by atomic mass is 10.1. The molecule has 0 unspecified atom stereocenters. The normalized spacial score (nSPS) is 10.7. The molecule has 28 heavy (non-hydrogen) atoms. The van der Waals surface area contributed by atoms with Crippen LogP contribution >= 0.6 is 11.6 Å². The number of benzene rings is 2. The molecule has 2 N–H and O–H groups in total. The molecule has 146 valence electrons. The highest BCUT2D eigenvalue weighted by molar-refractivity contribution is 6.30.